The zero-order chi connectivity index (χ0) is 21.6. The van der Waals surface area contributed by atoms with E-state index < -0.39 is 23.3 Å². The second-order valence-corrected chi connectivity index (χ2v) is 8.14. The Hall–Kier alpha value is -2.89. The fourth-order valence-electron chi connectivity index (χ4n) is 2.73. The van der Waals surface area contributed by atoms with Crippen molar-refractivity contribution in [1.29, 1.82) is 0 Å². The van der Waals surface area contributed by atoms with E-state index in [1.54, 1.807) is 19.1 Å². The van der Waals surface area contributed by atoms with Gasteiger partial charge in [0.25, 0.3) is 5.91 Å². The minimum absolute atomic E-state index is 0.00271. The number of hydrogen-bond acceptors (Lipinski definition) is 3. The largest absolute Gasteiger partial charge is 0.481 e. The molecule has 0 aliphatic rings. The normalized spacial score (nSPS) is 12.2. The van der Waals surface area contributed by atoms with Crippen LogP contribution in [0, 0.1) is 12.7 Å². The Kier molecular flexibility index (Phi) is 7.37. The first-order valence-electron chi connectivity index (χ1n) is 9.61. The molecule has 1 unspecified atom stereocenters. The van der Waals surface area contributed by atoms with Crippen LogP contribution in [0.5, 0.6) is 5.75 Å². The monoisotopic (exact) mass is 400 g/mol. The van der Waals surface area contributed by atoms with Crippen molar-refractivity contribution in [3.8, 4) is 5.75 Å². The van der Waals surface area contributed by atoms with Gasteiger partial charge < -0.3 is 15.0 Å². The number of benzene rings is 2. The summed E-state index contributed by atoms with van der Waals surface area (Å²) in [7, 11) is 0. The van der Waals surface area contributed by atoms with Crippen LogP contribution < -0.4 is 10.1 Å². The van der Waals surface area contributed by atoms with Gasteiger partial charge in [0, 0.05) is 12.1 Å². The van der Waals surface area contributed by atoms with Crippen LogP contribution in [0.2, 0.25) is 0 Å². The summed E-state index contributed by atoms with van der Waals surface area (Å²) in [6.07, 6.45) is 0. The average molecular weight is 400 g/mol. The van der Waals surface area contributed by atoms with Gasteiger partial charge in [-0.2, -0.15) is 0 Å². The van der Waals surface area contributed by atoms with Crippen molar-refractivity contribution >= 4 is 11.8 Å². The summed E-state index contributed by atoms with van der Waals surface area (Å²) >= 11 is 0. The van der Waals surface area contributed by atoms with Gasteiger partial charge in [0.15, 0.2) is 18.2 Å². The molecule has 0 saturated heterocycles. The molecule has 0 spiro atoms. The molecule has 1 atom stereocenters. The number of rotatable bonds is 7. The molecular formula is C23H29FN2O3. The molecule has 1 N–H and O–H groups in total. The van der Waals surface area contributed by atoms with Gasteiger partial charge in [-0.1, -0.05) is 42.0 Å². The highest BCUT2D eigenvalue weighted by Crippen LogP contribution is 2.17. The van der Waals surface area contributed by atoms with Gasteiger partial charge in [0.1, 0.15) is 6.04 Å². The SMILES string of the molecule is Cc1ccc(CN(C(=O)COc2ccccc2F)C(C)C(=O)NC(C)(C)C)cc1. The molecule has 0 aliphatic heterocycles. The average Bonchev–Trinajstić information content (AvgIpc) is 2.64. The van der Waals surface area contributed by atoms with Gasteiger partial charge >= 0.3 is 0 Å². The number of aryl methyl sites for hydroxylation is 1. The summed E-state index contributed by atoms with van der Waals surface area (Å²) in [5, 5.41) is 2.90. The van der Waals surface area contributed by atoms with Crippen molar-refractivity contribution in [2.75, 3.05) is 6.61 Å². The van der Waals surface area contributed by atoms with Crippen LogP contribution in [0.4, 0.5) is 4.39 Å². The number of hydrogen-bond donors (Lipinski definition) is 1. The molecule has 2 aromatic rings. The molecule has 0 bridgehead atoms. The van der Waals surface area contributed by atoms with E-state index >= 15 is 0 Å². The van der Waals surface area contributed by atoms with Gasteiger partial charge in [-0.25, -0.2) is 4.39 Å². The third kappa shape index (κ3) is 6.89. The van der Waals surface area contributed by atoms with Crippen molar-refractivity contribution in [3.63, 3.8) is 0 Å². The first-order valence-corrected chi connectivity index (χ1v) is 9.61. The van der Waals surface area contributed by atoms with E-state index in [0.717, 1.165) is 11.1 Å². The van der Waals surface area contributed by atoms with Crippen LogP contribution in [-0.2, 0) is 16.1 Å². The number of para-hydroxylation sites is 1. The predicted molar refractivity (Wildman–Crippen MR) is 111 cm³/mol. The smallest absolute Gasteiger partial charge is 0.261 e. The third-order valence-electron chi connectivity index (χ3n) is 4.33. The number of amides is 2. The molecule has 2 amide bonds. The molecule has 0 aromatic heterocycles. The fourth-order valence-corrected chi connectivity index (χ4v) is 2.73. The Morgan fingerprint density at radius 1 is 1.10 bits per heavy atom. The summed E-state index contributed by atoms with van der Waals surface area (Å²) in [5.74, 6) is -1.19. The lowest BCUT2D eigenvalue weighted by Crippen LogP contribution is -2.53. The number of nitrogens with one attached hydrogen (secondary N) is 1. The first-order chi connectivity index (χ1) is 13.6. The minimum atomic E-state index is -0.716. The van der Waals surface area contributed by atoms with Gasteiger partial charge in [0.2, 0.25) is 5.91 Å². The van der Waals surface area contributed by atoms with E-state index in [-0.39, 0.29) is 24.8 Å². The highest BCUT2D eigenvalue weighted by Gasteiger charge is 2.28. The molecule has 0 heterocycles. The van der Waals surface area contributed by atoms with Gasteiger partial charge in [-0.3, -0.25) is 9.59 Å². The summed E-state index contributed by atoms with van der Waals surface area (Å²) in [6.45, 7) is 9.18. The summed E-state index contributed by atoms with van der Waals surface area (Å²) in [4.78, 5) is 27.0. The lowest BCUT2D eigenvalue weighted by molar-refractivity contribution is -0.142. The second-order valence-electron chi connectivity index (χ2n) is 8.14. The number of halogens is 1. The maximum atomic E-state index is 13.8. The molecule has 0 aliphatic carbocycles. The Morgan fingerprint density at radius 3 is 2.31 bits per heavy atom. The van der Waals surface area contributed by atoms with Crippen molar-refractivity contribution in [1.82, 2.24) is 10.2 Å². The van der Waals surface area contributed by atoms with E-state index in [1.807, 2.05) is 52.0 Å². The maximum Gasteiger partial charge on any atom is 0.261 e. The van der Waals surface area contributed by atoms with Crippen molar-refractivity contribution in [3.05, 3.63) is 65.5 Å². The van der Waals surface area contributed by atoms with Crippen molar-refractivity contribution in [2.45, 2.75) is 52.7 Å². The van der Waals surface area contributed by atoms with Crippen molar-refractivity contribution in [2.24, 2.45) is 0 Å². The quantitative estimate of drug-likeness (QED) is 0.768. The molecule has 2 rings (SSSR count). The topological polar surface area (TPSA) is 58.6 Å². The van der Waals surface area contributed by atoms with E-state index in [0.29, 0.717) is 0 Å². The van der Waals surface area contributed by atoms with Crippen LogP contribution in [0.25, 0.3) is 0 Å². The molecule has 2 aromatic carbocycles. The Balaban J connectivity index is 2.18. The van der Waals surface area contributed by atoms with E-state index in [1.165, 1.54) is 17.0 Å². The molecule has 5 nitrogen and oxygen atoms in total. The molecular weight excluding hydrogens is 371 g/mol. The molecule has 0 fully saturated rings. The van der Waals surface area contributed by atoms with Crippen LogP contribution in [0.3, 0.4) is 0 Å². The standard InChI is InChI=1S/C23H29FN2O3/c1-16-10-12-18(13-11-16)14-26(17(2)22(28)25-23(3,4)5)21(27)15-29-20-9-7-6-8-19(20)24/h6-13,17H,14-15H2,1-5H3,(H,25,28). The zero-order valence-electron chi connectivity index (χ0n) is 17.7. The molecule has 0 radical (unpaired) electrons. The van der Waals surface area contributed by atoms with Gasteiger partial charge in [-0.05, 0) is 52.3 Å². The van der Waals surface area contributed by atoms with Gasteiger partial charge in [-0.15, -0.1) is 0 Å². The maximum absolute atomic E-state index is 13.8. The third-order valence-corrected chi connectivity index (χ3v) is 4.33. The summed E-state index contributed by atoms with van der Waals surface area (Å²) in [5.41, 5.74) is 1.58. The van der Waals surface area contributed by atoms with Crippen LogP contribution in [0.15, 0.2) is 48.5 Å². The molecule has 6 heteroatoms. The number of carbonyl (C=O) groups is 2. The zero-order valence-corrected chi connectivity index (χ0v) is 17.7. The first kappa shape index (κ1) is 22.4. The number of nitrogens with zero attached hydrogens (tertiary/aromatic N) is 1. The molecule has 0 saturated carbocycles. The summed E-state index contributed by atoms with van der Waals surface area (Å²) in [6, 6.07) is 12.9. The fraction of sp³-hybridized carbons (Fsp3) is 0.391. The highest BCUT2D eigenvalue weighted by atomic mass is 19.1. The van der Waals surface area contributed by atoms with E-state index in [4.69, 9.17) is 4.74 Å². The lowest BCUT2D eigenvalue weighted by Gasteiger charge is -2.31. The van der Waals surface area contributed by atoms with Crippen molar-refractivity contribution < 1.29 is 18.7 Å². The Morgan fingerprint density at radius 2 is 1.72 bits per heavy atom. The highest BCUT2D eigenvalue weighted by molar-refractivity contribution is 5.88. The van der Waals surface area contributed by atoms with E-state index in [2.05, 4.69) is 5.32 Å². The number of carbonyl (C=O) groups excluding carboxylic acids is 2. The predicted octanol–water partition coefficient (Wildman–Crippen LogP) is 3.84. The Labute approximate surface area is 171 Å². The Bertz CT molecular complexity index is 844. The van der Waals surface area contributed by atoms with Crippen LogP contribution in [-0.4, -0.2) is 34.9 Å². The minimum Gasteiger partial charge on any atom is -0.481 e. The van der Waals surface area contributed by atoms with Crippen LogP contribution in [0.1, 0.15) is 38.8 Å². The van der Waals surface area contributed by atoms with E-state index in [9.17, 15) is 14.0 Å². The lowest BCUT2D eigenvalue weighted by atomic mass is 10.1. The number of ether oxygens (including phenoxy) is 1. The van der Waals surface area contributed by atoms with Crippen LogP contribution >= 0.6 is 0 Å². The second kappa shape index (κ2) is 9.54. The molecule has 29 heavy (non-hydrogen) atoms. The summed E-state index contributed by atoms with van der Waals surface area (Å²) < 4.78 is 19.2. The van der Waals surface area contributed by atoms with Gasteiger partial charge in [0.05, 0.1) is 0 Å². The molecule has 156 valence electrons.